The van der Waals surface area contributed by atoms with E-state index in [0.717, 1.165) is 19.1 Å². The molecule has 0 heterocycles. The lowest BCUT2D eigenvalue weighted by Crippen LogP contribution is -2.03. The van der Waals surface area contributed by atoms with Crippen LogP contribution in [-0.4, -0.2) is 19.9 Å². The van der Waals surface area contributed by atoms with Crippen molar-refractivity contribution in [1.82, 2.24) is 0 Å². The van der Waals surface area contributed by atoms with Crippen LogP contribution in [0.15, 0.2) is 12.1 Å². The maximum Gasteiger partial charge on any atom is 0.150 e. The third-order valence-corrected chi connectivity index (χ3v) is 2.47. The first-order valence-corrected chi connectivity index (χ1v) is 5.79. The first kappa shape index (κ1) is 13.5. The zero-order valence-corrected chi connectivity index (χ0v) is 10.3. The van der Waals surface area contributed by atoms with Crippen LogP contribution in [0, 0.1) is 5.82 Å². The molecule has 1 rings (SSSR count). The molecule has 0 saturated carbocycles. The van der Waals surface area contributed by atoms with Crippen molar-refractivity contribution >= 4 is 12.0 Å². The summed E-state index contributed by atoms with van der Waals surface area (Å²) < 4.78 is 19.1. The second-order valence-electron chi connectivity index (χ2n) is 3.76. The topological polar surface area (TPSA) is 38.3 Å². The highest BCUT2D eigenvalue weighted by Gasteiger charge is 2.10. The number of ether oxygens (including phenoxy) is 1. The van der Waals surface area contributed by atoms with Crippen LogP contribution < -0.4 is 10.1 Å². The molecule has 94 valence electrons. The van der Waals surface area contributed by atoms with E-state index >= 15 is 0 Å². The van der Waals surface area contributed by atoms with Crippen molar-refractivity contribution in [2.75, 3.05) is 19.0 Å². The van der Waals surface area contributed by atoms with Gasteiger partial charge in [-0.05, 0) is 18.1 Å². The molecule has 0 bridgehead atoms. The summed E-state index contributed by atoms with van der Waals surface area (Å²) in [6, 6.07) is 3.05. The molecule has 0 aliphatic carbocycles. The maximum absolute atomic E-state index is 13.7. The Labute approximate surface area is 101 Å². The smallest absolute Gasteiger partial charge is 0.150 e. The highest BCUT2D eigenvalue weighted by molar-refractivity contribution is 5.64. The van der Waals surface area contributed by atoms with Crippen LogP contribution >= 0.6 is 0 Å². The summed E-state index contributed by atoms with van der Waals surface area (Å²) >= 11 is 0. The van der Waals surface area contributed by atoms with Gasteiger partial charge in [0.1, 0.15) is 17.9 Å². The van der Waals surface area contributed by atoms with Crippen LogP contribution in [0.3, 0.4) is 0 Å². The Bertz CT molecular complexity index is 380. The molecule has 0 aliphatic rings. The largest absolute Gasteiger partial charge is 0.493 e. The molecule has 0 atom stereocenters. The van der Waals surface area contributed by atoms with Gasteiger partial charge in [0, 0.05) is 19.5 Å². The van der Waals surface area contributed by atoms with Crippen molar-refractivity contribution in [2.24, 2.45) is 0 Å². The Balaban J connectivity index is 2.89. The molecule has 0 saturated heterocycles. The van der Waals surface area contributed by atoms with Gasteiger partial charge in [-0.15, -0.1) is 0 Å². The SMILES string of the molecule is CCCCOc1cc(F)c(NC)c(CC=O)c1. The van der Waals surface area contributed by atoms with Crippen LogP contribution in [0.1, 0.15) is 25.3 Å². The van der Waals surface area contributed by atoms with Crippen LogP contribution in [0.2, 0.25) is 0 Å². The molecule has 1 aromatic carbocycles. The fraction of sp³-hybridized carbons (Fsp3) is 0.462. The Morgan fingerprint density at radius 1 is 1.47 bits per heavy atom. The van der Waals surface area contributed by atoms with Crippen molar-refractivity contribution in [2.45, 2.75) is 26.2 Å². The van der Waals surface area contributed by atoms with Gasteiger partial charge in [0.15, 0.2) is 0 Å². The molecule has 1 N–H and O–H groups in total. The van der Waals surface area contributed by atoms with Gasteiger partial charge < -0.3 is 14.8 Å². The molecule has 1 aromatic rings. The van der Waals surface area contributed by atoms with Crippen molar-refractivity contribution in [1.29, 1.82) is 0 Å². The van der Waals surface area contributed by atoms with Crippen LogP contribution in [0.25, 0.3) is 0 Å². The minimum absolute atomic E-state index is 0.179. The lowest BCUT2D eigenvalue weighted by molar-refractivity contribution is -0.107. The van der Waals surface area contributed by atoms with E-state index in [-0.39, 0.29) is 6.42 Å². The number of rotatable bonds is 7. The van der Waals surface area contributed by atoms with E-state index in [9.17, 15) is 9.18 Å². The molecule has 0 aliphatic heterocycles. The summed E-state index contributed by atoms with van der Waals surface area (Å²) in [6.45, 7) is 2.63. The van der Waals surface area contributed by atoms with Crippen LogP contribution in [0.5, 0.6) is 5.75 Å². The maximum atomic E-state index is 13.7. The number of nitrogens with one attached hydrogen (secondary N) is 1. The summed E-state index contributed by atoms with van der Waals surface area (Å²) in [6.07, 6.45) is 2.89. The number of benzene rings is 1. The second-order valence-corrected chi connectivity index (χ2v) is 3.76. The average molecular weight is 239 g/mol. The monoisotopic (exact) mass is 239 g/mol. The van der Waals surface area contributed by atoms with E-state index in [0.29, 0.717) is 23.6 Å². The number of anilines is 1. The van der Waals surface area contributed by atoms with Gasteiger partial charge >= 0.3 is 0 Å². The van der Waals surface area contributed by atoms with Gasteiger partial charge in [0.05, 0.1) is 12.3 Å². The summed E-state index contributed by atoms with van der Waals surface area (Å²) in [4.78, 5) is 10.5. The third kappa shape index (κ3) is 3.73. The summed E-state index contributed by atoms with van der Waals surface area (Å²) in [7, 11) is 1.63. The van der Waals surface area contributed by atoms with Gasteiger partial charge in [0.2, 0.25) is 0 Å². The van der Waals surface area contributed by atoms with E-state index < -0.39 is 5.82 Å². The molecule has 4 heteroatoms. The molecule has 0 spiro atoms. The number of carbonyl (C=O) groups is 1. The Kier molecular flexibility index (Phi) is 5.46. The molecular formula is C13H18FNO2. The number of hydrogen-bond acceptors (Lipinski definition) is 3. The average Bonchev–Trinajstić information content (AvgIpc) is 2.30. The Morgan fingerprint density at radius 3 is 2.82 bits per heavy atom. The highest BCUT2D eigenvalue weighted by Crippen LogP contribution is 2.26. The van der Waals surface area contributed by atoms with Gasteiger partial charge in [0.25, 0.3) is 0 Å². The molecule has 0 aromatic heterocycles. The van der Waals surface area contributed by atoms with E-state index in [1.807, 2.05) is 0 Å². The lowest BCUT2D eigenvalue weighted by atomic mass is 10.1. The molecule has 3 nitrogen and oxygen atoms in total. The number of aldehydes is 1. The zero-order valence-electron chi connectivity index (χ0n) is 10.3. The minimum Gasteiger partial charge on any atom is -0.493 e. The predicted molar refractivity (Wildman–Crippen MR) is 66.1 cm³/mol. The van der Waals surface area contributed by atoms with Crippen molar-refractivity contribution in [3.63, 3.8) is 0 Å². The van der Waals surface area contributed by atoms with Crippen LogP contribution in [0.4, 0.5) is 10.1 Å². The molecule has 0 radical (unpaired) electrons. The van der Waals surface area contributed by atoms with Crippen molar-refractivity contribution < 1.29 is 13.9 Å². The molecule has 0 amide bonds. The van der Waals surface area contributed by atoms with Gasteiger partial charge in [-0.2, -0.15) is 0 Å². The Morgan fingerprint density at radius 2 is 2.24 bits per heavy atom. The van der Waals surface area contributed by atoms with Crippen molar-refractivity contribution in [3.05, 3.63) is 23.5 Å². The van der Waals surface area contributed by atoms with E-state index in [1.54, 1.807) is 13.1 Å². The number of halogens is 1. The number of hydrogen-bond donors (Lipinski definition) is 1. The normalized spacial score (nSPS) is 10.1. The molecule has 0 unspecified atom stereocenters. The fourth-order valence-corrected chi connectivity index (χ4v) is 1.58. The summed E-state index contributed by atoms with van der Waals surface area (Å²) in [5.41, 5.74) is 0.980. The molecule has 0 fully saturated rings. The fourth-order valence-electron chi connectivity index (χ4n) is 1.58. The first-order valence-electron chi connectivity index (χ1n) is 5.79. The van der Waals surface area contributed by atoms with E-state index in [4.69, 9.17) is 4.74 Å². The molecule has 17 heavy (non-hydrogen) atoms. The summed E-state index contributed by atoms with van der Waals surface area (Å²) in [5, 5.41) is 2.75. The second kappa shape index (κ2) is 6.89. The third-order valence-electron chi connectivity index (χ3n) is 2.47. The van der Waals surface area contributed by atoms with Crippen LogP contribution in [-0.2, 0) is 11.2 Å². The standard InChI is InChI=1S/C13H18FNO2/c1-3-4-7-17-11-8-10(5-6-16)13(15-2)12(14)9-11/h6,8-9,15H,3-5,7H2,1-2H3. The molecular weight excluding hydrogens is 221 g/mol. The van der Waals surface area contributed by atoms with Gasteiger partial charge in [-0.3, -0.25) is 0 Å². The Hall–Kier alpha value is -1.58. The predicted octanol–water partition coefficient (Wildman–Crippen LogP) is 2.79. The number of carbonyl (C=O) groups excluding carboxylic acids is 1. The van der Waals surface area contributed by atoms with Crippen molar-refractivity contribution in [3.8, 4) is 5.75 Å². The van der Waals surface area contributed by atoms with E-state index in [2.05, 4.69) is 12.2 Å². The number of unbranched alkanes of at least 4 members (excludes halogenated alkanes) is 1. The first-order chi connectivity index (χ1) is 8.22. The highest BCUT2D eigenvalue weighted by atomic mass is 19.1. The van der Waals surface area contributed by atoms with Gasteiger partial charge in [-0.25, -0.2) is 4.39 Å². The quantitative estimate of drug-likeness (QED) is 0.587. The minimum atomic E-state index is -0.390. The lowest BCUT2D eigenvalue weighted by Gasteiger charge is -2.12. The van der Waals surface area contributed by atoms with Gasteiger partial charge in [-0.1, -0.05) is 13.3 Å². The summed E-state index contributed by atoms with van der Waals surface area (Å²) in [5.74, 6) is 0.0881. The zero-order chi connectivity index (χ0) is 12.7. The van der Waals surface area contributed by atoms with E-state index in [1.165, 1.54) is 6.07 Å².